The Morgan fingerprint density at radius 2 is 1.89 bits per heavy atom. The van der Waals surface area contributed by atoms with Gasteiger partial charge in [-0.05, 0) is 25.0 Å². The van der Waals surface area contributed by atoms with Crippen LogP contribution in [0.25, 0.3) is 0 Å². The molecule has 1 heterocycles. The topological polar surface area (TPSA) is 49.4 Å². The third-order valence-corrected chi connectivity index (χ3v) is 3.17. The molecule has 1 aliphatic heterocycles. The molecule has 1 aromatic carbocycles. The SMILES string of the molecule is O=Cc1cccc(NC(=O)N2CCCCCC2)c1. The lowest BCUT2D eigenvalue weighted by atomic mass is 10.2. The summed E-state index contributed by atoms with van der Waals surface area (Å²) in [7, 11) is 0. The van der Waals surface area contributed by atoms with Crippen LogP contribution in [0.1, 0.15) is 36.0 Å². The lowest BCUT2D eigenvalue weighted by Gasteiger charge is -2.20. The first-order chi connectivity index (χ1) is 8.79. The molecule has 96 valence electrons. The van der Waals surface area contributed by atoms with Gasteiger partial charge in [0.05, 0.1) is 0 Å². The maximum absolute atomic E-state index is 12.0. The Kier molecular flexibility index (Phi) is 4.34. The first-order valence-electron chi connectivity index (χ1n) is 6.41. The molecule has 4 heteroatoms. The molecule has 18 heavy (non-hydrogen) atoms. The Bertz CT molecular complexity index is 424. The third kappa shape index (κ3) is 3.32. The first kappa shape index (κ1) is 12.6. The molecule has 4 nitrogen and oxygen atoms in total. The first-order valence-corrected chi connectivity index (χ1v) is 6.41. The Morgan fingerprint density at radius 1 is 1.17 bits per heavy atom. The zero-order chi connectivity index (χ0) is 12.8. The number of hydrogen-bond acceptors (Lipinski definition) is 2. The molecule has 1 N–H and O–H groups in total. The van der Waals surface area contributed by atoms with Crippen molar-refractivity contribution in [1.29, 1.82) is 0 Å². The summed E-state index contributed by atoms with van der Waals surface area (Å²) >= 11 is 0. The largest absolute Gasteiger partial charge is 0.325 e. The highest BCUT2D eigenvalue weighted by atomic mass is 16.2. The number of nitrogens with zero attached hydrogens (tertiary/aromatic N) is 1. The van der Waals surface area contributed by atoms with Crippen LogP contribution in [0.5, 0.6) is 0 Å². The molecule has 0 saturated carbocycles. The van der Waals surface area contributed by atoms with Crippen molar-refractivity contribution in [3.63, 3.8) is 0 Å². The molecule has 0 spiro atoms. The highest BCUT2D eigenvalue weighted by Gasteiger charge is 2.15. The number of amides is 2. The van der Waals surface area contributed by atoms with E-state index in [1.807, 2.05) is 4.90 Å². The molecule has 1 aromatic rings. The van der Waals surface area contributed by atoms with Gasteiger partial charge in [-0.25, -0.2) is 4.79 Å². The standard InChI is InChI=1S/C14H18N2O2/c17-11-12-6-5-7-13(10-12)15-14(18)16-8-3-1-2-4-9-16/h5-7,10-11H,1-4,8-9H2,(H,15,18). The number of likely N-dealkylation sites (tertiary alicyclic amines) is 1. The number of nitrogens with one attached hydrogen (secondary N) is 1. The molecule has 0 aliphatic carbocycles. The van der Waals surface area contributed by atoms with E-state index >= 15 is 0 Å². The fourth-order valence-corrected chi connectivity index (χ4v) is 2.17. The summed E-state index contributed by atoms with van der Waals surface area (Å²) in [5.74, 6) is 0. The second kappa shape index (κ2) is 6.19. The molecule has 2 rings (SSSR count). The minimum absolute atomic E-state index is 0.0695. The van der Waals surface area contributed by atoms with E-state index in [-0.39, 0.29) is 6.03 Å². The number of aldehydes is 1. The van der Waals surface area contributed by atoms with Crippen LogP contribution in [-0.2, 0) is 0 Å². The third-order valence-electron chi connectivity index (χ3n) is 3.17. The van der Waals surface area contributed by atoms with Crippen molar-refractivity contribution in [2.75, 3.05) is 18.4 Å². The number of rotatable bonds is 2. The fourth-order valence-electron chi connectivity index (χ4n) is 2.17. The second-order valence-electron chi connectivity index (χ2n) is 4.57. The Balaban J connectivity index is 1.98. The van der Waals surface area contributed by atoms with E-state index in [4.69, 9.17) is 0 Å². The van der Waals surface area contributed by atoms with Crippen LogP contribution in [-0.4, -0.2) is 30.3 Å². The van der Waals surface area contributed by atoms with Gasteiger partial charge in [0, 0.05) is 24.3 Å². The Morgan fingerprint density at radius 3 is 2.56 bits per heavy atom. The predicted octanol–water partition coefficient (Wildman–Crippen LogP) is 2.91. The zero-order valence-electron chi connectivity index (χ0n) is 10.4. The van der Waals surface area contributed by atoms with Gasteiger partial charge in [0.25, 0.3) is 0 Å². The molecule has 1 aliphatic rings. The van der Waals surface area contributed by atoms with Gasteiger partial charge >= 0.3 is 6.03 Å². The second-order valence-corrected chi connectivity index (χ2v) is 4.57. The van der Waals surface area contributed by atoms with Crippen LogP contribution in [0.2, 0.25) is 0 Å². The minimum Gasteiger partial charge on any atom is -0.325 e. The fraction of sp³-hybridized carbons (Fsp3) is 0.429. The number of anilines is 1. The molecule has 2 amide bonds. The van der Waals surface area contributed by atoms with Crippen molar-refractivity contribution in [3.8, 4) is 0 Å². The van der Waals surface area contributed by atoms with Crippen LogP contribution in [0.3, 0.4) is 0 Å². The highest BCUT2D eigenvalue weighted by molar-refractivity contribution is 5.90. The quantitative estimate of drug-likeness (QED) is 0.816. The average molecular weight is 246 g/mol. The lowest BCUT2D eigenvalue weighted by molar-refractivity contribution is 0.112. The van der Waals surface area contributed by atoms with Crippen LogP contribution in [0.15, 0.2) is 24.3 Å². The van der Waals surface area contributed by atoms with E-state index < -0.39 is 0 Å². The predicted molar refractivity (Wildman–Crippen MR) is 70.9 cm³/mol. The van der Waals surface area contributed by atoms with E-state index in [9.17, 15) is 9.59 Å². The van der Waals surface area contributed by atoms with E-state index in [0.717, 1.165) is 32.2 Å². The summed E-state index contributed by atoms with van der Waals surface area (Å²) in [5, 5.41) is 2.84. The van der Waals surface area contributed by atoms with Crippen molar-refractivity contribution in [2.24, 2.45) is 0 Å². The molecule has 0 unspecified atom stereocenters. The van der Waals surface area contributed by atoms with Gasteiger partial charge in [-0.2, -0.15) is 0 Å². The van der Waals surface area contributed by atoms with Crippen LogP contribution in [0, 0.1) is 0 Å². The highest BCUT2D eigenvalue weighted by Crippen LogP contribution is 2.13. The number of hydrogen-bond donors (Lipinski definition) is 1. The number of urea groups is 1. The minimum atomic E-state index is -0.0695. The van der Waals surface area contributed by atoms with Crippen molar-refractivity contribution in [3.05, 3.63) is 29.8 Å². The van der Waals surface area contributed by atoms with E-state index in [2.05, 4.69) is 5.32 Å². The van der Waals surface area contributed by atoms with Crippen molar-refractivity contribution >= 4 is 18.0 Å². The van der Waals surface area contributed by atoms with Crippen molar-refractivity contribution in [2.45, 2.75) is 25.7 Å². The number of carbonyl (C=O) groups is 2. The Labute approximate surface area is 107 Å². The van der Waals surface area contributed by atoms with E-state index in [0.29, 0.717) is 11.3 Å². The van der Waals surface area contributed by atoms with E-state index in [1.54, 1.807) is 24.3 Å². The average Bonchev–Trinajstić information content (AvgIpc) is 2.68. The van der Waals surface area contributed by atoms with Crippen LogP contribution in [0.4, 0.5) is 10.5 Å². The summed E-state index contributed by atoms with van der Waals surface area (Å²) < 4.78 is 0. The van der Waals surface area contributed by atoms with Crippen LogP contribution >= 0.6 is 0 Å². The monoisotopic (exact) mass is 246 g/mol. The zero-order valence-corrected chi connectivity index (χ0v) is 10.4. The maximum Gasteiger partial charge on any atom is 0.321 e. The van der Waals surface area contributed by atoms with Gasteiger partial charge in [0.1, 0.15) is 6.29 Å². The summed E-state index contributed by atoms with van der Waals surface area (Å²) in [6.45, 7) is 1.64. The summed E-state index contributed by atoms with van der Waals surface area (Å²) in [6.07, 6.45) is 5.32. The Hall–Kier alpha value is -1.84. The van der Waals surface area contributed by atoms with Crippen molar-refractivity contribution in [1.82, 2.24) is 4.90 Å². The van der Waals surface area contributed by atoms with Crippen molar-refractivity contribution < 1.29 is 9.59 Å². The number of benzene rings is 1. The molecule has 0 bridgehead atoms. The smallest absolute Gasteiger partial charge is 0.321 e. The lowest BCUT2D eigenvalue weighted by Crippen LogP contribution is -2.35. The molecule has 1 fully saturated rings. The summed E-state index contributed by atoms with van der Waals surface area (Å²) in [5.41, 5.74) is 1.25. The van der Waals surface area contributed by atoms with Gasteiger partial charge in [0.2, 0.25) is 0 Å². The van der Waals surface area contributed by atoms with Gasteiger partial charge in [-0.1, -0.05) is 25.0 Å². The molecular formula is C14H18N2O2. The number of carbonyl (C=O) groups excluding carboxylic acids is 2. The molecule has 0 atom stereocenters. The summed E-state index contributed by atoms with van der Waals surface area (Å²) in [6, 6.07) is 6.89. The summed E-state index contributed by atoms with van der Waals surface area (Å²) in [4.78, 5) is 24.6. The normalized spacial score (nSPS) is 15.9. The van der Waals surface area contributed by atoms with Gasteiger partial charge in [0.15, 0.2) is 0 Å². The maximum atomic E-state index is 12.0. The molecule has 0 radical (unpaired) electrons. The van der Waals surface area contributed by atoms with Gasteiger partial charge in [-0.3, -0.25) is 4.79 Å². The molecular weight excluding hydrogens is 228 g/mol. The van der Waals surface area contributed by atoms with E-state index in [1.165, 1.54) is 12.8 Å². The van der Waals surface area contributed by atoms with Crippen LogP contribution < -0.4 is 5.32 Å². The van der Waals surface area contributed by atoms with Gasteiger partial charge < -0.3 is 10.2 Å². The van der Waals surface area contributed by atoms with Gasteiger partial charge in [-0.15, -0.1) is 0 Å². The molecule has 1 saturated heterocycles. The molecule has 0 aromatic heterocycles.